The predicted octanol–water partition coefficient (Wildman–Crippen LogP) is 4.24. The minimum absolute atomic E-state index is 0. The third-order valence-corrected chi connectivity index (χ3v) is 5.07. The molecule has 4 heterocycles. The summed E-state index contributed by atoms with van der Waals surface area (Å²) < 4.78 is 42.8. The number of piperidine rings is 1. The van der Waals surface area contributed by atoms with Crippen molar-refractivity contribution < 1.29 is 13.2 Å². The van der Waals surface area contributed by atoms with E-state index in [1.54, 1.807) is 11.1 Å². The Labute approximate surface area is 176 Å². The maximum absolute atomic E-state index is 14.5. The molecule has 4 rings (SSSR count). The van der Waals surface area contributed by atoms with E-state index < -0.39 is 24.0 Å². The highest BCUT2D eigenvalue weighted by molar-refractivity contribution is 6.30. The minimum atomic E-state index is -3.39. The zero-order valence-electron chi connectivity index (χ0n) is 15.2. The molecule has 1 fully saturated rings. The van der Waals surface area contributed by atoms with Crippen molar-refractivity contribution in [3.63, 3.8) is 0 Å². The number of pyridine rings is 1. The van der Waals surface area contributed by atoms with Crippen molar-refractivity contribution in [3.05, 3.63) is 47.4 Å². The average molecular weight is 447 g/mol. The highest BCUT2D eigenvalue weighted by Crippen LogP contribution is 2.31. The van der Waals surface area contributed by atoms with Crippen LogP contribution in [0.5, 0.6) is 0 Å². The Kier molecular flexibility index (Phi) is 6.50. The van der Waals surface area contributed by atoms with E-state index in [1.807, 2.05) is 6.07 Å². The van der Waals surface area contributed by atoms with Gasteiger partial charge < -0.3 is 10.3 Å². The molecule has 1 saturated heterocycles. The number of likely N-dealkylation sites (tertiary alicyclic amines) is 1. The summed E-state index contributed by atoms with van der Waals surface area (Å²) >= 11 is 5.59. The minimum Gasteiger partial charge on any atom is -0.367 e. The Bertz CT molecular complexity index is 975. The lowest BCUT2D eigenvalue weighted by molar-refractivity contribution is -0.0486. The lowest BCUT2D eigenvalue weighted by Gasteiger charge is -2.34. The highest BCUT2D eigenvalue weighted by Gasteiger charge is 2.39. The maximum Gasteiger partial charge on any atom is 0.304 e. The van der Waals surface area contributed by atoms with E-state index in [0.717, 1.165) is 29.1 Å². The van der Waals surface area contributed by atoms with E-state index in [0.29, 0.717) is 25.9 Å². The van der Waals surface area contributed by atoms with Crippen LogP contribution in [0.25, 0.3) is 11.0 Å². The number of aromatic amines is 1. The molecular formula is C18H19Cl2F3N6. The first-order valence-electron chi connectivity index (χ1n) is 8.89. The van der Waals surface area contributed by atoms with E-state index >= 15 is 0 Å². The quantitative estimate of drug-likeness (QED) is 0.613. The van der Waals surface area contributed by atoms with Gasteiger partial charge in [-0.25, -0.2) is 14.4 Å². The van der Waals surface area contributed by atoms with Crippen LogP contribution in [0.4, 0.5) is 19.0 Å². The number of nitrogens with zero attached hydrogens (tertiary/aromatic N) is 4. The molecule has 6 nitrogen and oxygen atoms in total. The Morgan fingerprint density at radius 3 is 2.72 bits per heavy atom. The largest absolute Gasteiger partial charge is 0.367 e. The van der Waals surface area contributed by atoms with Crippen LogP contribution in [0.3, 0.4) is 0 Å². The van der Waals surface area contributed by atoms with E-state index in [2.05, 4.69) is 25.3 Å². The smallest absolute Gasteiger partial charge is 0.304 e. The maximum atomic E-state index is 14.5. The number of anilines is 1. The highest BCUT2D eigenvalue weighted by atomic mass is 35.5. The van der Waals surface area contributed by atoms with Crippen LogP contribution in [0.15, 0.2) is 30.9 Å². The number of aromatic nitrogens is 4. The molecule has 0 aromatic carbocycles. The van der Waals surface area contributed by atoms with E-state index in [4.69, 9.17) is 11.6 Å². The number of hydrogen-bond acceptors (Lipinski definition) is 5. The zero-order valence-corrected chi connectivity index (χ0v) is 16.8. The summed E-state index contributed by atoms with van der Waals surface area (Å²) in [6, 6.07) is 2.86. The summed E-state index contributed by atoms with van der Waals surface area (Å²) in [4.78, 5) is 16.6. The molecule has 1 aliphatic heterocycles. The molecule has 0 saturated carbocycles. The van der Waals surface area contributed by atoms with Gasteiger partial charge in [-0.1, -0.05) is 11.6 Å². The van der Waals surface area contributed by atoms with Crippen LogP contribution in [0.1, 0.15) is 18.5 Å². The van der Waals surface area contributed by atoms with Gasteiger partial charge in [-0.2, -0.15) is 8.78 Å². The molecule has 3 aromatic rings. The fourth-order valence-electron chi connectivity index (χ4n) is 3.46. The fourth-order valence-corrected chi connectivity index (χ4v) is 3.60. The summed E-state index contributed by atoms with van der Waals surface area (Å²) in [7, 11) is 0. The summed E-state index contributed by atoms with van der Waals surface area (Å²) in [5.41, 5.74) is -0.125. The fraction of sp³-hybridized carbons (Fsp3) is 0.389. The first-order chi connectivity index (χ1) is 13.4. The van der Waals surface area contributed by atoms with E-state index in [1.165, 1.54) is 6.33 Å². The third-order valence-electron chi connectivity index (χ3n) is 4.86. The van der Waals surface area contributed by atoms with Crippen LogP contribution in [0, 0.1) is 5.82 Å². The molecule has 0 bridgehead atoms. The molecule has 0 spiro atoms. The lowest BCUT2D eigenvalue weighted by atomic mass is 10.0. The van der Waals surface area contributed by atoms with Crippen LogP contribution in [-0.4, -0.2) is 50.5 Å². The summed E-state index contributed by atoms with van der Waals surface area (Å²) in [5, 5.41) is 4.25. The second-order valence-corrected chi connectivity index (χ2v) is 7.28. The molecule has 29 heavy (non-hydrogen) atoms. The van der Waals surface area contributed by atoms with Gasteiger partial charge in [-0.15, -0.1) is 12.4 Å². The Morgan fingerprint density at radius 2 is 2.00 bits per heavy atom. The summed E-state index contributed by atoms with van der Waals surface area (Å²) in [6.07, 6.45) is 5.64. The van der Waals surface area contributed by atoms with Crippen molar-refractivity contribution in [3.8, 4) is 0 Å². The standard InChI is InChI=1S/C18H18ClF3N6.ClH/c19-11-7-14(20)15(24-8-11)18(21,22)9-28-5-2-12(3-6-28)27-17-13-1-4-23-16(13)25-10-26-17;/h1,4,7-8,10,12H,2-3,5-6,9H2,(H2,23,25,26,27);1H. The molecule has 0 radical (unpaired) electrons. The number of nitrogens with one attached hydrogen (secondary N) is 2. The molecule has 11 heteroatoms. The van der Waals surface area contributed by atoms with Crippen molar-refractivity contribution in [2.24, 2.45) is 0 Å². The van der Waals surface area contributed by atoms with Gasteiger partial charge in [0.05, 0.1) is 17.0 Å². The third kappa shape index (κ3) is 4.73. The van der Waals surface area contributed by atoms with Crippen molar-refractivity contribution in [1.82, 2.24) is 24.8 Å². The molecule has 0 unspecified atom stereocenters. The monoisotopic (exact) mass is 446 g/mol. The molecule has 0 amide bonds. The Morgan fingerprint density at radius 1 is 1.24 bits per heavy atom. The number of alkyl halides is 2. The average Bonchev–Trinajstić information content (AvgIpc) is 3.12. The van der Waals surface area contributed by atoms with Crippen molar-refractivity contribution >= 4 is 40.9 Å². The number of hydrogen-bond donors (Lipinski definition) is 2. The van der Waals surface area contributed by atoms with Gasteiger partial charge in [0.15, 0.2) is 5.82 Å². The van der Waals surface area contributed by atoms with E-state index in [9.17, 15) is 13.2 Å². The van der Waals surface area contributed by atoms with Crippen LogP contribution >= 0.6 is 24.0 Å². The molecule has 2 N–H and O–H groups in total. The van der Waals surface area contributed by atoms with Gasteiger partial charge in [-0.05, 0) is 25.0 Å². The number of halogens is 5. The number of H-pyrrole nitrogens is 1. The first-order valence-corrected chi connectivity index (χ1v) is 9.26. The normalized spacial score (nSPS) is 16.0. The van der Waals surface area contributed by atoms with Gasteiger partial charge >= 0.3 is 5.92 Å². The summed E-state index contributed by atoms with van der Waals surface area (Å²) in [5.74, 6) is -3.76. The molecular weight excluding hydrogens is 428 g/mol. The second kappa shape index (κ2) is 8.73. The topological polar surface area (TPSA) is 69.7 Å². The van der Waals surface area contributed by atoms with Gasteiger partial charge in [0.25, 0.3) is 0 Å². The lowest BCUT2D eigenvalue weighted by Crippen LogP contribution is -2.44. The number of rotatable bonds is 5. The molecule has 3 aromatic heterocycles. The predicted molar refractivity (Wildman–Crippen MR) is 107 cm³/mol. The van der Waals surface area contributed by atoms with Crippen molar-refractivity contribution in [2.45, 2.75) is 24.8 Å². The SMILES string of the molecule is Cl.Fc1cc(Cl)cnc1C(F)(F)CN1CCC(Nc2ncnc3[nH]ccc23)CC1. The number of fused-ring (bicyclic) bond motifs is 1. The molecule has 156 valence electrons. The molecule has 0 atom stereocenters. The first kappa shape index (κ1) is 21.6. The molecule has 0 aliphatic carbocycles. The summed E-state index contributed by atoms with van der Waals surface area (Å²) in [6.45, 7) is 0.342. The zero-order chi connectivity index (χ0) is 19.7. The van der Waals surface area contributed by atoms with Gasteiger partial charge in [-0.3, -0.25) is 9.88 Å². The van der Waals surface area contributed by atoms with Gasteiger partial charge in [0.1, 0.15) is 23.5 Å². The van der Waals surface area contributed by atoms with Crippen molar-refractivity contribution in [2.75, 3.05) is 25.0 Å². The van der Waals surface area contributed by atoms with Gasteiger partial charge in [0, 0.05) is 31.5 Å². The van der Waals surface area contributed by atoms with Crippen LogP contribution in [-0.2, 0) is 5.92 Å². The Balaban J connectivity index is 0.00000240. The Hall–Kier alpha value is -2.10. The van der Waals surface area contributed by atoms with Crippen LogP contribution < -0.4 is 5.32 Å². The van der Waals surface area contributed by atoms with Crippen molar-refractivity contribution in [1.29, 1.82) is 0 Å². The van der Waals surface area contributed by atoms with Crippen LogP contribution in [0.2, 0.25) is 5.02 Å². The van der Waals surface area contributed by atoms with E-state index in [-0.39, 0.29) is 23.5 Å². The second-order valence-electron chi connectivity index (χ2n) is 6.85. The van der Waals surface area contributed by atoms with Gasteiger partial charge in [0.2, 0.25) is 0 Å². The molecule has 1 aliphatic rings.